The third-order valence-corrected chi connectivity index (χ3v) is 7.13. The maximum atomic E-state index is 15.0. The monoisotopic (exact) mass is 520 g/mol. The van der Waals surface area contributed by atoms with Crippen molar-refractivity contribution in [2.75, 3.05) is 0 Å². The Morgan fingerprint density at radius 3 is 1.29 bits per heavy atom. The van der Waals surface area contributed by atoms with Crippen molar-refractivity contribution < 1.29 is 26.3 Å². The molecule has 2 heterocycles. The Morgan fingerprint density at radius 1 is 0.686 bits per heavy atom. The third kappa shape index (κ3) is 3.91. The highest BCUT2D eigenvalue weighted by atomic mass is 32.1. The summed E-state index contributed by atoms with van der Waals surface area (Å²) in [5.74, 6) is -16.3. The van der Waals surface area contributed by atoms with E-state index in [4.69, 9.17) is 21.0 Å². The Labute approximate surface area is 203 Å². The first kappa shape index (κ1) is 25.8. The Hall–Kier alpha value is -3.84. The molecule has 0 atom stereocenters. The molecule has 12 heteroatoms. The van der Waals surface area contributed by atoms with Gasteiger partial charge in [0.2, 0.25) is 0 Å². The predicted molar refractivity (Wildman–Crippen MR) is 118 cm³/mol. The van der Waals surface area contributed by atoms with E-state index in [9.17, 15) is 8.78 Å². The number of allylic oxidation sites excluding steroid dienone is 4. The van der Waals surface area contributed by atoms with Crippen LogP contribution in [-0.2, 0) is 0 Å². The fourth-order valence-electron chi connectivity index (χ4n) is 3.55. The van der Waals surface area contributed by atoms with Gasteiger partial charge in [0.05, 0.1) is 0 Å². The summed E-state index contributed by atoms with van der Waals surface area (Å²) in [6, 6.07) is 8.19. The molecular formula is C23H10F6N4S2. The molecule has 0 saturated carbocycles. The van der Waals surface area contributed by atoms with Gasteiger partial charge in [0.25, 0.3) is 0 Å². The lowest BCUT2D eigenvalue weighted by Crippen LogP contribution is -2.48. The van der Waals surface area contributed by atoms with E-state index >= 15 is 17.6 Å². The van der Waals surface area contributed by atoms with E-state index in [0.29, 0.717) is 0 Å². The number of aryl methyl sites for hydroxylation is 2. The molecule has 0 unspecified atom stereocenters. The summed E-state index contributed by atoms with van der Waals surface area (Å²) >= 11 is 1.53. The Kier molecular flexibility index (Phi) is 6.44. The molecule has 0 amide bonds. The molecule has 2 aromatic heterocycles. The molecule has 1 aliphatic carbocycles. The number of hydrogen-bond donors (Lipinski definition) is 0. The van der Waals surface area contributed by atoms with Crippen molar-refractivity contribution in [3.63, 3.8) is 0 Å². The molecule has 176 valence electrons. The highest BCUT2D eigenvalue weighted by Gasteiger charge is 2.80. The van der Waals surface area contributed by atoms with Crippen LogP contribution in [0.4, 0.5) is 26.3 Å². The van der Waals surface area contributed by atoms with Crippen molar-refractivity contribution in [3.05, 3.63) is 53.9 Å². The van der Waals surface area contributed by atoms with Gasteiger partial charge < -0.3 is 0 Å². The number of alkyl halides is 6. The topological polar surface area (TPSA) is 95.2 Å². The summed E-state index contributed by atoms with van der Waals surface area (Å²) in [5, 5.41) is 35.6. The van der Waals surface area contributed by atoms with Crippen LogP contribution in [-0.4, -0.2) is 17.8 Å². The van der Waals surface area contributed by atoms with Gasteiger partial charge in [-0.2, -0.15) is 47.4 Å². The van der Waals surface area contributed by atoms with Crippen molar-refractivity contribution in [3.8, 4) is 24.3 Å². The van der Waals surface area contributed by atoms with E-state index in [1.54, 1.807) is 24.3 Å². The van der Waals surface area contributed by atoms with E-state index in [1.165, 1.54) is 13.8 Å². The zero-order valence-electron chi connectivity index (χ0n) is 17.7. The minimum atomic E-state index is -5.76. The first-order chi connectivity index (χ1) is 16.3. The second kappa shape index (κ2) is 8.74. The Bertz CT molecular complexity index is 1350. The van der Waals surface area contributed by atoms with Crippen LogP contribution in [0.25, 0.3) is 23.3 Å². The Morgan fingerprint density at radius 2 is 1.00 bits per heavy atom. The molecule has 0 spiro atoms. The molecule has 4 nitrogen and oxygen atoms in total. The van der Waals surface area contributed by atoms with Gasteiger partial charge in [0.15, 0.2) is 0 Å². The van der Waals surface area contributed by atoms with Crippen molar-refractivity contribution >= 4 is 46.0 Å². The van der Waals surface area contributed by atoms with Crippen LogP contribution >= 0.6 is 22.7 Å². The quantitative estimate of drug-likeness (QED) is 0.317. The van der Waals surface area contributed by atoms with E-state index in [0.717, 1.165) is 47.0 Å². The lowest BCUT2D eigenvalue weighted by atomic mass is 9.95. The number of rotatable bonds is 4. The smallest absolute Gasteiger partial charge is 0.194 e. The molecular weight excluding hydrogens is 510 g/mol. The molecule has 2 aromatic rings. The fourth-order valence-corrected chi connectivity index (χ4v) is 5.50. The summed E-state index contributed by atoms with van der Waals surface area (Å²) in [7, 11) is 0. The summed E-state index contributed by atoms with van der Waals surface area (Å²) in [5.41, 5.74) is -5.04. The van der Waals surface area contributed by atoms with Gasteiger partial charge >= 0.3 is 17.8 Å². The zero-order chi connectivity index (χ0) is 26.3. The lowest BCUT2D eigenvalue weighted by molar-refractivity contribution is -0.254. The molecule has 0 aliphatic heterocycles. The molecule has 0 radical (unpaired) electrons. The van der Waals surface area contributed by atoms with Crippen LogP contribution < -0.4 is 0 Å². The van der Waals surface area contributed by atoms with Gasteiger partial charge in [0.1, 0.15) is 35.4 Å². The Balaban J connectivity index is 2.39. The molecule has 35 heavy (non-hydrogen) atoms. The van der Waals surface area contributed by atoms with Crippen molar-refractivity contribution in [1.29, 1.82) is 21.0 Å². The predicted octanol–water partition coefficient (Wildman–Crippen LogP) is 7.12. The molecule has 0 fully saturated rings. The largest absolute Gasteiger partial charge is 0.380 e. The van der Waals surface area contributed by atoms with E-state index in [1.807, 2.05) is 0 Å². The highest BCUT2D eigenvalue weighted by Crippen LogP contribution is 2.65. The van der Waals surface area contributed by atoms with Gasteiger partial charge in [0, 0.05) is 30.7 Å². The summed E-state index contributed by atoms with van der Waals surface area (Å²) in [6.45, 7) is 2.54. The number of nitriles is 4. The van der Waals surface area contributed by atoms with Gasteiger partial charge in [-0.05, 0) is 49.3 Å². The van der Waals surface area contributed by atoms with Gasteiger partial charge in [-0.3, -0.25) is 0 Å². The fraction of sp³-hybridized carbons (Fsp3) is 0.217. The van der Waals surface area contributed by atoms with Gasteiger partial charge in [-0.25, -0.2) is 0 Å². The molecule has 3 rings (SSSR count). The van der Waals surface area contributed by atoms with E-state index < -0.39 is 51.2 Å². The molecule has 0 N–H and O–H groups in total. The molecule has 1 aliphatic rings. The van der Waals surface area contributed by atoms with Crippen molar-refractivity contribution in [2.45, 2.75) is 31.6 Å². The SMILES string of the molecule is Cc1sc(C=C(C#N)C#N)cc1C1=C(c2cc(C=C(C#N)C#N)sc2C)C(F)(F)C(F)(F)C1(F)F. The highest BCUT2D eigenvalue weighted by molar-refractivity contribution is 7.13. The normalized spacial score (nSPS) is 17.0. The molecule has 0 saturated heterocycles. The van der Waals surface area contributed by atoms with Crippen LogP contribution in [0.1, 0.15) is 30.6 Å². The minimum absolute atomic E-state index is 0.00333. The van der Waals surface area contributed by atoms with Crippen LogP contribution in [0.3, 0.4) is 0 Å². The number of nitrogens with zero attached hydrogens (tertiary/aromatic N) is 4. The van der Waals surface area contributed by atoms with Gasteiger partial charge in [-0.15, -0.1) is 22.7 Å². The van der Waals surface area contributed by atoms with Crippen LogP contribution in [0, 0.1) is 59.2 Å². The van der Waals surface area contributed by atoms with Gasteiger partial charge in [-0.1, -0.05) is 0 Å². The first-order valence-electron chi connectivity index (χ1n) is 9.40. The second-order valence-electron chi connectivity index (χ2n) is 7.27. The van der Waals surface area contributed by atoms with Crippen molar-refractivity contribution in [2.24, 2.45) is 0 Å². The lowest BCUT2D eigenvalue weighted by Gasteiger charge is -2.25. The summed E-state index contributed by atoms with van der Waals surface area (Å²) in [6.07, 6.45) is 2.07. The standard InChI is InChI=1S/C23H10F6N4S2/c1-11-17(5-15(34-11)3-13(7-30)8-31)19-20(22(26,27)23(28,29)21(19,24)25)18-6-16(35-12(18)2)4-14(9-32)10-33/h3-6H,1-2H3. The van der Waals surface area contributed by atoms with Crippen molar-refractivity contribution in [1.82, 2.24) is 0 Å². The average Bonchev–Trinajstić information content (AvgIpc) is 3.36. The maximum Gasteiger partial charge on any atom is 0.380 e. The molecule has 0 aromatic carbocycles. The number of hydrogen-bond acceptors (Lipinski definition) is 6. The van der Waals surface area contributed by atoms with Crippen LogP contribution in [0.15, 0.2) is 23.3 Å². The number of halogens is 6. The maximum absolute atomic E-state index is 15.0. The van der Waals surface area contributed by atoms with Crippen LogP contribution in [0.5, 0.6) is 0 Å². The summed E-state index contributed by atoms with van der Waals surface area (Å²) < 4.78 is 89.3. The van der Waals surface area contributed by atoms with Crippen LogP contribution in [0.2, 0.25) is 0 Å². The number of thiophene rings is 2. The second-order valence-corrected chi connectivity index (χ2v) is 9.85. The summed E-state index contributed by atoms with van der Waals surface area (Å²) in [4.78, 5) is 0.123. The zero-order valence-corrected chi connectivity index (χ0v) is 19.3. The van der Waals surface area contributed by atoms with E-state index in [2.05, 4.69) is 0 Å². The third-order valence-electron chi connectivity index (χ3n) is 5.13. The first-order valence-corrected chi connectivity index (χ1v) is 11.0. The molecule has 0 bridgehead atoms. The minimum Gasteiger partial charge on any atom is -0.194 e. The average molecular weight is 520 g/mol. The van der Waals surface area contributed by atoms with E-state index in [-0.39, 0.29) is 19.5 Å².